The van der Waals surface area contributed by atoms with Crippen LogP contribution in [0.4, 0.5) is 0 Å². The molecule has 0 aliphatic carbocycles. The van der Waals surface area contributed by atoms with E-state index >= 15 is 0 Å². The number of hydrogen-bond donors (Lipinski definition) is 3. The number of aromatic nitrogens is 8. The molecular formula is C45H58Br2N10O5. The zero-order valence-corrected chi connectivity index (χ0v) is 38.0. The van der Waals surface area contributed by atoms with Gasteiger partial charge in [-0.05, 0) is 80.0 Å². The Balaban J connectivity index is 0.000000158. The van der Waals surface area contributed by atoms with Gasteiger partial charge in [-0.25, -0.2) is 19.0 Å². The molecule has 10 rings (SSSR count). The number of nitrogens with zero attached hydrogens (tertiary/aromatic N) is 7. The first-order chi connectivity index (χ1) is 29.6. The van der Waals surface area contributed by atoms with Crippen molar-refractivity contribution in [3.63, 3.8) is 0 Å². The van der Waals surface area contributed by atoms with E-state index in [-0.39, 0.29) is 36.3 Å². The first-order valence-electron chi connectivity index (χ1n) is 21.2. The summed E-state index contributed by atoms with van der Waals surface area (Å²) in [5.41, 5.74) is 2.13. The van der Waals surface area contributed by atoms with Gasteiger partial charge in [0.25, 0.3) is 11.1 Å². The topological polar surface area (TPSA) is 169 Å². The van der Waals surface area contributed by atoms with Gasteiger partial charge in [0, 0.05) is 85.2 Å². The first-order valence-corrected chi connectivity index (χ1v) is 22.8. The first kappa shape index (κ1) is 45.8. The summed E-state index contributed by atoms with van der Waals surface area (Å²) in [6.07, 6.45) is 7.00. The van der Waals surface area contributed by atoms with Gasteiger partial charge in [0.2, 0.25) is 0 Å². The molecule has 17 heteroatoms. The highest BCUT2D eigenvalue weighted by atomic mass is 79.9. The number of halogens is 2. The minimum atomic E-state index is -0.108. The number of benzene rings is 2. The molecule has 15 nitrogen and oxygen atoms in total. The molecule has 4 aromatic heterocycles. The van der Waals surface area contributed by atoms with E-state index in [0.29, 0.717) is 28.8 Å². The maximum atomic E-state index is 12.8. The summed E-state index contributed by atoms with van der Waals surface area (Å²) >= 11 is 6.88. The van der Waals surface area contributed by atoms with Gasteiger partial charge in [0.1, 0.15) is 29.0 Å². The molecule has 4 atom stereocenters. The number of ether oxygens (including phenoxy) is 3. The lowest BCUT2D eigenvalue weighted by atomic mass is 9.97. The van der Waals surface area contributed by atoms with E-state index < -0.39 is 0 Å². The standard InChI is InChI=1S/C22H26BrN5O2.C15H21N5O2.C7H7BrO.CH4/c1-14-11-27(12-15-3-2-4-17(23)9-15)13-18(14)20-25-22(29)19-10-24-21(28(19)26-20)16-5-7-30-8-6-16;1-9-6-16-7-11(9)13-18-15(21)12-8-17-14(20(12)19-13)10-2-4-22-5-3-10;1-9-7-4-2-3-6(8)5-7;/h2-4,9-10,14,16,18H,5-8,11-13H2,1H3,(H,25,26,29);8-11,16H,2-7H2,1H3,(H,18,19,21);2-5H,1H3;1H4. The zero-order valence-electron chi connectivity index (χ0n) is 34.9. The van der Waals surface area contributed by atoms with E-state index in [0.717, 1.165) is 123 Å². The number of fused-ring (bicyclic) bond motifs is 2. The van der Waals surface area contributed by atoms with Crippen molar-refractivity contribution in [1.82, 2.24) is 49.4 Å². The van der Waals surface area contributed by atoms with Crippen LogP contribution in [0.5, 0.6) is 5.75 Å². The molecule has 332 valence electrons. The Morgan fingerprint density at radius 1 is 0.726 bits per heavy atom. The SMILES string of the molecule is C.CC1CN(Cc2cccc(Br)c2)CC1c1nn2c(C3CCOCC3)ncc2c(=O)[nH]1.CC1CNCC1c1nn2c(C3CCOCC3)ncc2c(=O)[nH]1.COc1cccc(Br)c1. The number of likely N-dealkylation sites (tertiary alicyclic amines) is 1. The molecule has 62 heavy (non-hydrogen) atoms. The molecule has 6 aromatic rings. The second kappa shape index (κ2) is 20.9. The van der Waals surface area contributed by atoms with E-state index in [1.54, 1.807) is 28.5 Å². The number of rotatable bonds is 7. The van der Waals surface area contributed by atoms with Gasteiger partial charge in [-0.2, -0.15) is 10.2 Å². The quantitative estimate of drug-likeness (QED) is 0.150. The normalized spacial score (nSPS) is 22.1. The lowest BCUT2D eigenvalue weighted by molar-refractivity contribution is 0.0831. The minimum absolute atomic E-state index is 0. The van der Waals surface area contributed by atoms with Crippen molar-refractivity contribution in [2.75, 3.05) is 59.7 Å². The summed E-state index contributed by atoms with van der Waals surface area (Å²) in [5, 5.41) is 13.0. The fourth-order valence-corrected chi connectivity index (χ4v) is 9.71. The second-order valence-corrected chi connectivity index (χ2v) is 18.4. The number of nitrogens with one attached hydrogen (secondary N) is 3. The van der Waals surface area contributed by atoms with E-state index in [4.69, 9.17) is 24.4 Å². The van der Waals surface area contributed by atoms with Crippen LogP contribution in [-0.4, -0.2) is 104 Å². The molecule has 0 spiro atoms. The summed E-state index contributed by atoms with van der Waals surface area (Å²) in [6.45, 7) is 12.0. The predicted octanol–water partition coefficient (Wildman–Crippen LogP) is 7.04. The summed E-state index contributed by atoms with van der Waals surface area (Å²) in [6, 6.07) is 16.1. The van der Waals surface area contributed by atoms with Crippen LogP contribution in [0, 0.1) is 11.8 Å². The maximum Gasteiger partial charge on any atom is 0.276 e. The van der Waals surface area contributed by atoms with Crippen LogP contribution < -0.4 is 21.2 Å². The number of aromatic amines is 2. The summed E-state index contributed by atoms with van der Waals surface area (Å²) in [7, 11) is 1.65. The van der Waals surface area contributed by atoms with Gasteiger partial charge in [-0.3, -0.25) is 14.5 Å². The molecule has 4 aliphatic rings. The number of H-pyrrole nitrogens is 2. The Bertz CT molecular complexity index is 2530. The third-order valence-corrected chi connectivity index (χ3v) is 13.3. The highest BCUT2D eigenvalue weighted by molar-refractivity contribution is 9.10. The van der Waals surface area contributed by atoms with Crippen LogP contribution in [-0.2, 0) is 16.0 Å². The Morgan fingerprint density at radius 2 is 1.27 bits per heavy atom. The van der Waals surface area contributed by atoms with E-state index in [1.165, 1.54) is 5.56 Å². The summed E-state index contributed by atoms with van der Waals surface area (Å²) in [4.78, 5) is 42.6. The van der Waals surface area contributed by atoms with Crippen molar-refractivity contribution in [2.45, 2.75) is 77.2 Å². The van der Waals surface area contributed by atoms with Gasteiger partial charge in [0.15, 0.2) is 11.0 Å². The third kappa shape index (κ3) is 10.6. The van der Waals surface area contributed by atoms with Crippen molar-refractivity contribution in [3.8, 4) is 5.75 Å². The van der Waals surface area contributed by atoms with Crippen LogP contribution in [0.3, 0.4) is 0 Å². The number of hydrogen-bond acceptors (Lipinski definition) is 11. The van der Waals surface area contributed by atoms with Gasteiger partial charge in [-0.15, -0.1) is 0 Å². The average molecular weight is 979 g/mol. The summed E-state index contributed by atoms with van der Waals surface area (Å²) in [5.74, 6) is 6.12. The Labute approximate surface area is 378 Å². The zero-order chi connectivity index (χ0) is 42.5. The monoisotopic (exact) mass is 976 g/mol. The average Bonchev–Trinajstić information content (AvgIpc) is 4.08. The molecule has 2 aromatic carbocycles. The van der Waals surface area contributed by atoms with Crippen molar-refractivity contribution in [2.24, 2.45) is 11.8 Å². The van der Waals surface area contributed by atoms with Crippen molar-refractivity contribution >= 4 is 42.9 Å². The predicted molar refractivity (Wildman–Crippen MR) is 246 cm³/mol. The van der Waals surface area contributed by atoms with Crippen molar-refractivity contribution in [3.05, 3.63) is 119 Å². The Morgan fingerprint density at radius 3 is 1.77 bits per heavy atom. The van der Waals surface area contributed by atoms with E-state index in [9.17, 15) is 9.59 Å². The van der Waals surface area contributed by atoms with Gasteiger partial charge in [0.05, 0.1) is 19.5 Å². The largest absolute Gasteiger partial charge is 0.497 e. The minimum Gasteiger partial charge on any atom is -0.497 e. The lowest BCUT2D eigenvalue weighted by Gasteiger charge is -2.21. The smallest absolute Gasteiger partial charge is 0.276 e. The third-order valence-electron chi connectivity index (χ3n) is 12.3. The molecule has 0 bridgehead atoms. The molecule has 4 aliphatic heterocycles. The molecule has 8 heterocycles. The van der Waals surface area contributed by atoms with Gasteiger partial charge >= 0.3 is 0 Å². The van der Waals surface area contributed by atoms with Crippen molar-refractivity contribution in [1.29, 1.82) is 0 Å². The number of methoxy groups -OCH3 is 1. The van der Waals surface area contributed by atoms with E-state index in [1.807, 2.05) is 30.3 Å². The lowest BCUT2D eigenvalue weighted by Crippen LogP contribution is -2.24. The van der Waals surface area contributed by atoms with Crippen LogP contribution >= 0.6 is 31.9 Å². The second-order valence-electron chi connectivity index (χ2n) is 16.6. The Hall–Kier alpha value is -4.26. The van der Waals surface area contributed by atoms with Crippen LogP contribution in [0.25, 0.3) is 11.0 Å². The Kier molecular flexibility index (Phi) is 15.5. The summed E-state index contributed by atoms with van der Waals surface area (Å²) < 4.78 is 21.6. The van der Waals surface area contributed by atoms with Gasteiger partial charge < -0.3 is 29.5 Å². The molecule has 4 saturated heterocycles. The van der Waals surface area contributed by atoms with Crippen molar-refractivity contribution < 1.29 is 14.2 Å². The molecule has 3 N–H and O–H groups in total. The molecule has 0 radical (unpaired) electrons. The molecule has 0 saturated carbocycles. The highest BCUT2D eigenvalue weighted by Crippen LogP contribution is 2.33. The maximum absolute atomic E-state index is 12.8. The molecule has 4 unspecified atom stereocenters. The molecular weight excluding hydrogens is 920 g/mol. The van der Waals surface area contributed by atoms with Crippen LogP contribution in [0.1, 0.15) is 99.5 Å². The van der Waals surface area contributed by atoms with Crippen LogP contribution in [0.2, 0.25) is 0 Å². The fourth-order valence-electron chi connectivity index (χ4n) is 8.88. The van der Waals surface area contributed by atoms with Gasteiger partial charge in [-0.1, -0.05) is 71.3 Å². The highest BCUT2D eigenvalue weighted by Gasteiger charge is 2.34. The van der Waals surface area contributed by atoms with E-state index in [2.05, 4.69) is 94.1 Å². The number of imidazole rings is 2. The fraction of sp³-hybridized carbons (Fsp3) is 0.511. The molecule has 0 amide bonds. The molecule has 4 fully saturated rings. The van der Waals surface area contributed by atoms with Crippen LogP contribution in [0.15, 0.2) is 79.5 Å².